The first kappa shape index (κ1) is 17.2. The van der Waals surface area contributed by atoms with Crippen LogP contribution in [0.5, 0.6) is 0 Å². The van der Waals surface area contributed by atoms with Crippen LogP contribution in [-0.2, 0) is 9.59 Å². The van der Waals surface area contributed by atoms with Crippen LogP contribution in [0.25, 0.3) is 0 Å². The first-order chi connectivity index (χ1) is 8.06. The molecule has 0 spiro atoms. The second kappa shape index (κ2) is 8.32. The number of nitrogens with two attached hydrogens (primary N) is 1. The van der Waals surface area contributed by atoms with Crippen molar-refractivity contribution in [2.24, 2.45) is 11.7 Å². The normalized spacial score (nSPS) is 23.3. The fourth-order valence-electron chi connectivity index (χ4n) is 2.25. The van der Waals surface area contributed by atoms with E-state index >= 15 is 0 Å². The van der Waals surface area contributed by atoms with Crippen LogP contribution in [0.15, 0.2) is 0 Å². The van der Waals surface area contributed by atoms with Gasteiger partial charge < -0.3 is 16.0 Å². The van der Waals surface area contributed by atoms with Crippen LogP contribution in [0, 0.1) is 5.92 Å². The van der Waals surface area contributed by atoms with Gasteiger partial charge in [0.25, 0.3) is 0 Å². The number of carbonyl (C=O) groups excluding carboxylic acids is 2. The van der Waals surface area contributed by atoms with Crippen LogP contribution in [-0.4, -0.2) is 42.9 Å². The van der Waals surface area contributed by atoms with Crippen molar-refractivity contribution in [2.75, 3.05) is 20.1 Å². The summed E-state index contributed by atoms with van der Waals surface area (Å²) < 4.78 is 0. The van der Waals surface area contributed by atoms with E-state index in [0.717, 1.165) is 25.8 Å². The van der Waals surface area contributed by atoms with Crippen molar-refractivity contribution in [2.45, 2.75) is 38.6 Å². The molecule has 2 atom stereocenters. The third-order valence-electron chi connectivity index (χ3n) is 3.42. The SMILES string of the molecule is CNCCCC(=O)N1CC(C(N)=O)CCC1C.Cl. The van der Waals surface area contributed by atoms with E-state index in [1.54, 1.807) is 0 Å². The maximum atomic E-state index is 12.0. The summed E-state index contributed by atoms with van der Waals surface area (Å²) in [6, 6.07) is 0.229. The lowest BCUT2D eigenvalue weighted by Gasteiger charge is -2.37. The second-order valence-corrected chi connectivity index (χ2v) is 4.78. The van der Waals surface area contributed by atoms with E-state index in [-0.39, 0.29) is 36.2 Å². The predicted octanol–water partition coefficient (Wildman–Crippen LogP) is 0.520. The lowest BCUT2D eigenvalue weighted by molar-refractivity contribution is -0.137. The number of piperidine rings is 1. The fraction of sp³-hybridized carbons (Fsp3) is 0.833. The van der Waals surface area contributed by atoms with E-state index in [0.29, 0.717) is 13.0 Å². The summed E-state index contributed by atoms with van der Waals surface area (Å²) >= 11 is 0. The highest BCUT2D eigenvalue weighted by Gasteiger charge is 2.30. The van der Waals surface area contributed by atoms with Gasteiger partial charge in [0, 0.05) is 19.0 Å². The summed E-state index contributed by atoms with van der Waals surface area (Å²) in [6.07, 6.45) is 3.04. The molecule has 0 saturated carbocycles. The van der Waals surface area contributed by atoms with Gasteiger partial charge in [-0.3, -0.25) is 9.59 Å². The van der Waals surface area contributed by atoms with Gasteiger partial charge in [-0.1, -0.05) is 0 Å². The number of carbonyl (C=O) groups is 2. The third kappa shape index (κ3) is 4.82. The van der Waals surface area contributed by atoms with Crippen LogP contribution in [0.4, 0.5) is 0 Å². The van der Waals surface area contributed by atoms with Gasteiger partial charge in [-0.2, -0.15) is 0 Å². The summed E-state index contributed by atoms with van der Waals surface area (Å²) in [7, 11) is 1.87. The molecule has 6 heteroatoms. The van der Waals surface area contributed by atoms with E-state index in [1.165, 1.54) is 0 Å². The minimum atomic E-state index is -0.287. The van der Waals surface area contributed by atoms with E-state index in [1.807, 2.05) is 18.9 Å². The number of likely N-dealkylation sites (tertiary alicyclic amines) is 1. The van der Waals surface area contributed by atoms with Crippen molar-refractivity contribution in [1.29, 1.82) is 0 Å². The number of primary amides is 1. The fourth-order valence-corrected chi connectivity index (χ4v) is 2.25. The van der Waals surface area contributed by atoms with Gasteiger partial charge in [-0.15, -0.1) is 12.4 Å². The van der Waals surface area contributed by atoms with Crippen LogP contribution < -0.4 is 11.1 Å². The zero-order valence-corrected chi connectivity index (χ0v) is 12.0. The molecule has 1 saturated heterocycles. The maximum Gasteiger partial charge on any atom is 0.222 e. The summed E-state index contributed by atoms with van der Waals surface area (Å²) in [6.45, 7) is 3.37. The van der Waals surface area contributed by atoms with Crippen molar-refractivity contribution in [1.82, 2.24) is 10.2 Å². The third-order valence-corrected chi connectivity index (χ3v) is 3.42. The molecule has 18 heavy (non-hydrogen) atoms. The molecule has 0 aromatic heterocycles. The first-order valence-electron chi connectivity index (χ1n) is 6.29. The Hall–Kier alpha value is -0.810. The van der Waals surface area contributed by atoms with Gasteiger partial charge in [0.1, 0.15) is 0 Å². The highest BCUT2D eigenvalue weighted by atomic mass is 35.5. The Labute approximate surface area is 115 Å². The van der Waals surface area contributed by atoms with Gasteiger partial charge in [0.15, 0.2) is 0 Å². The molecule has 0 radical (unpaired) electrons. The average Bonchev–Trinajstić information content (AvgIpc) is 2.29. The van der Waals surface area contributed by atoms with E-state index in [9.17, 15) is 9.59 Å². The van der Waals surface area contributed by atoms with Crippen LogP contribution in [0.1, 0.15) is 32.6 Å². The molecule has 5 nitrogen and oxygen atoms in total. The largest absolute Gasteiger partial charge is 0.369 e. The highest BCUT2D eigenvalue weighted by molar-refractivity contribution is 5.85. The summed E-state index contributed by atoms with van der Waals surface area (Å²) in [5.74, 6) is -0.317. The Kier molecular flexibility index (Phi) is 7.95. The number of hydrogen-bond donors (Lipinski definition) is 2. The molecule has 0 aromatic rings. The minimum Gasteiger partial charge on any atom is -0.369 e. The first-order valence-corrected chi connectivity index (χ1v) is 6.29. The molecule has 0 aromatic carbocycles. The lowest BCUT2D eigenvalue weighted by Crippen LogP contribution is -2.48. The topological polar surface area (TPSA) is 75.4 Å². The number of amides is 2. The number of halogens is 1. The Morgan fingerprint density at radius 1 is 1.39 bits per heavy atom. The van der Waals surface area contributed by atoms with Crippen molar-refractivity contribution in [3.8, 4) is 0 Å². The minimum absolute atomic E-state index is 0. The van der Waals surface area contributed by atoms with Gasteiger partial charge in [0.05, 0.1) is 5.92 Å². The zero-order valence-electron chi connectivity index (χ0n) is 11.1. The quantitative estimate of drug-likeness (QED) is 0.720. The molecule has 106 valence electrons. The Morgan fingerprint density at radius 2 is 2.06 bits per heavy atom. The number of nitrogens with one attached hydrogen (secondary N) is 1. The molecule has 1 aliphatic rings. The van der Waals surface area contributed by atoms with E-state index in [4.69, 9.17) is 5.73 Å². The van der Waals surface area contributed by atoms with Gasteiger partial charge in [-0.25, -0.2) is 0 Å². The van der Waals surface area contributed by atoms with E-state index < -0.39 is 0 Å². The molecule has 1 heterocycles. The molecule has 1 aliphatic heterocycles. The Bertz CT molecular complexity index is 286. The molecule has 0 aliphatic carbocycles. The second-order valence-electron chi connectivity index (χ2n) is 4.78. The molecular formula is C12H24ClN3O2. The van der Waals surface area contributed by atoms with Gasteiger partial charge in [-0.05, 0) is 39.8 Å². The molecule has 2 amide bonds. The average molecular weight is 278 g/mol. The Balaban J connectivity index is 0.00000289. The molecule has 2 unspecified atom stereocenters. The highest BCUT2D eigenvalue weighted by Crippen LogP contribution is 2.22. The van der Waals surface area contributed by atoms with Gasteiger partial charge >= 0.3 is 0 Å². The smallest absolute Gasteiger partial charge is 0.222 e. The number of rotatable bonds is 5. The van der Waals surface area contributed by atoms with Crippen LogP contribution >= 0.6 is 12.4 Å². The Morgan fingerprint density at radius 3 is 2.61 bits per heavy atom. The molecular weight excluding hydrogens is 254 g/mol. The van der Waals surface area contributed by atoms with Crippen molar-refractivity contribution in [3.63, 3.8) is 0 Å². The van der Waals surface area contributed by atoms with Crippen molar-refractivity contribution in [3.05, 3.63) is 0 Å². The standard InChI is InChI=1S/C12H23N3O2.ClH/c1-9-5-6-10(12(13)17)8-15(9)11(16)4-3-7-14-2;/h9-10,14H,3-8H2,1-2H3,(H2,13,17);1H. The number of nitrogens with zero attached hydrogens (tertiary/aromatic N) is 1. The molecule has 0 bridgehead atoms. The maximum absolute atomic E-state index is 12.0. The van der Waals surface area contributed by atoms with Crippen molar-refractivity contribution < 1.29 is 9.59 Å². The lowest BCUT2D eigenvalue weighted by atomic mass is 9.92. The van der Waals surface area contributed by atoms with Crippen LogP contribution in [0.3, 0.4) is 0 Å². The van der Waals surface area contributed by atoms with Gasteiger partial charge in [0.2, 0.25) is 11.8 Å². The number of hydrogen-bond acceptors (Lipinski definition) is 3. The zero-order chi connectivity index (χ0) is 12.8. The molecule has 1 fully saturated rings. The predicted molar refractivity (Wildman–Crippen MR) is 73.5 cm³/mol. The van der Waals surface area contributed by atoms with E-state index in [2.05, 4.69) is 5.32 Å². The molecule has 1 rings (SSSR count). The van der Waals surface area contributed by atoms with Crippen LogP contribution in [0.2, 0.25) is 0 Å². The summed E-state index contributed by atoms with van der Waals surface area (Å²) in [5, 5.41) is 3.02. The van der Waals surface area contributed by atoms with Crippen molar-refractivity contribution >= 4 is 24.2 Å². The summed E-state index contributed by atoms with van der Waals surface area (Å²) in [5.41, 5.74) is 5.31. The summed E-state index contributed by atoms with van der Waals surface area (Å²) in [4.78, 5) is 25.0. The molecule has 3 N–H and O–H groups in total. The monoisotopic (exact) mass is 277 g/mol.